The summed E-state index contributed by atoms with van der Waals surface area (Å²) in [4.78, 5) is 43.1. The number of aromatic nitrogens is 1. The average molecular weight is 412 g/mol. The number of thiophene rings is 1. The fourth-order valence-electron chi connectivity index (χ4n) is 3.22. The van der Waals surface area contributed by atoms with Gasteiger partial charge in [0.25, 0.3) is 0 Å². The number of aromatic amines is 1. The third kappa shape index (κ3) is 4.38. The summed E-state index contributed by atoms with van der Waals surface area (Å²) in [6.45, 7) is 1.97. The number of H-pyrrole nitrogens is 1. The van der Waals surface area contributed by atoms with Gasteiger partial charge in [0, 0.05) is 35.1 Å². The van der Waals surface area contributed by atoms with Crippen LogP contribution in [-0.2, 0) is 20.7 Å². The van der Waals surface area contributed by atoms with Crippen LogP contribution in [0.4, 0.5) is 0 Å². The minimum atomic E-state index is -0.546. The van der Waals surface area contributed by atoms with Crippen molar-refractivity contribution in [3.05, 3.63) is 57.9 Å². The van der Waals surface area contributed by atoms with Gasteiger partial charge in [-0.05, 0) is 18.2 Å². The van der Waals surface area contributed by atoms with Crippen molar-refractivity contribution in [2.75, 3.05) is 32.9 Å². The molecule has 0 radical (unpaired) electrons. The van der Waals surface area contributed by atoms with Crippen LogP contribution >= 0.6 is 11.3 Å². The third-order valence-corrected chi connectivity index (χ3v) is 5.90. The number of carbonyl (C=O) groups excluding carboxylic acids is 3. The van der Waals surface area contributed by atoms with Crippen LogP contribution in [0.25, 0.3) is 10.9 Å². The van der Waals surface area contributed by atoms with E-state index in [1.165, 1.54) is 11.3 Å². The van der Waals surface area contributed by atoms with Crippen LogP contribution in [-0.4, -0.2) is 60.5 Å². The maximum Gasteiger partial charge on any atom is 0.340 e. The number of rotatable bonds is 6. The first-order chi connectivity index (χ1) is 14.1. The lowest BCUT2D eigenvalue weighted by Gasteiger charge is -2.26. The fourth-order valence-corrected chi connectivity index (χ4v) is 4.14. The molecule has 29 heavy (non-hydrogen) atoms. The Labute approximate surface area is 171 Å². The zero-order chi connectivity index (χ0) is 20.2. The van der Waals surface area contributed by atoms with E-state index in [2.05, 4.69) is 4.98 Å². The zero-order valence-corrected chi connectivity index (χ0v) is 16.5. The van der Waals surface area contributed by atoms with Crippen molar-refractivity contribution in [2.45, 2.75) is 6.42 Å². The normalized spacial score (nSPS) is 14.1. The molecule has 0 atom stereocenters. The molecule has 3 aromatic rings. The molecule has 0 unspecified atom stereocenters. The first-order valence-corrected chi connectivity index (χ1v) is 10.1. The summed E-state index contributed by atoms with van der Waals surface area (Å²) < 4.78 is 10.5. The lowest BCUT2D eigenvalue weighted by Crippen LogP contribution is -2.41. The number of carbonyl (C=O) groups is 3. The number of fused-ring (bicyclic) bond motifs is 1. The van der Waals surface area contributed by atoms with E-state index in [0.717, 1.165) is 15.8 Å². The molecule has 7 nitrogen and oxygen atoms in total. The van der Waals surface area contributed by atoms with E-state index in [1.807, 2.05) is 24.3 Å². The van der Waals surface area contributed by atoms with Crippen molar-refractivity contribution in [3.8, 4) is 0 Å². The predicted octanol–water partition coefficient (Wildman–Crippen LogP) is 2.67. The van der Waals surface area contributed by atoms with Gasteiger partial charge >= 0.3 is 5.97 Å². The second kappa shape index (κ2) is 8.59. The Kier molecular flexibility index (Phi) is 5.73. The van der Waals surface area contributed by atoms with E-state index < -0.39 is 5.97 Å². The van der Waals surface area contributed by atoms with Crippen LogP contribution in [0, 0.1) is 0 Å². The van der Waals surface area contributed by atoms with E-state index in [0.29, 0.717) is 36.7 Å². The van der Waals surface area contributed by atoms with Crippen molar-refractivity contribution in [3.63, 3.8) is 0 Å². The molecule has 1 fully saturated rings. The first-order valence-electron chi connectivity index (χ1n) is 9.32. The topological polar surface area (TPSA) is 88.7 Å². The maximum atomic E-state index is 12.4. The number of para-hydroxylation sites is 1. The standard InChI is InChI=1S/C21H20N2O5S/c24-18(13-28-21(26)16-12-22-17-4-2-1-3-15(16)17)19-6-5-14(29-19)11-20(25)23-7-9-27-10-8-23/h1-6,12,22H,7-11,13H2. The number of amides is 1. The minimum Gasteiger partial charge on any atom is -0.454 e. The van der Waals surface area contributed by atoms with Gasteiger partial charge in [0.2, 0.25) is 11.7 Å². The summed E-state index contributed by atoms with van der Waals surface area (Å²) in [5, 5.41) is 0.755. The van der Waals surface area contributed by atoms with Crippen LogP contribution < -0.4 is 0 Å². The van der Waals surface area contributed by atoms with Gasteiger partial charge in [0.05, 0.1) is 30.1 Å². The molecule has 0 saturated carbocycles. The molecule has 0 spiro atoms. The van der Waals surface area contributed by atoms with Crippen LogP contribution in [0.1, 0.15) is 24.9 Å². The molecule has 0 bridgehead atoms. The highest BCUT2D eigenvalue weighted by Crippen LogP contribution is 2.21. The van der Waals surface area contributed by atoms with Crippen LogP contribution in [0.5, 0.6) is 0 Å². The number of ether oxygens (including phenoxy) is 2. The predicted molar refractivity (Wildman–Crippen MR) is 108 cm³/mol. The molecular formula is C21H20N2O5S. The highest BCUT2D eigenvalue weighted by Gasteiger charge is 2.20. The molecular weight excluding hydrogens is 392 g/mol. The van der Waals surface area contributed by atoms with Gasteiger partial charge in [-0.2, -0.15) is 0 Å². The summed E-state index contributed by atoms with van der Waals surface area (Å²) in [5.41, 5.74) is 1.23. The number of Topliss-reactive ketones (excluding diaryl/α,β-unsaturated/α-hetero) is 1. The maximum absolute atomic E-state index is 12.4. The Morgan fingerprint density at radius 1 is 1.10 bits per heavy atom. The second-order valence-electron chi connectivity index (χ2n) is 6.68. The average Bonchev–Trinajstić information content (AvgIpc) is 3.39. The van der Waals surface area contributed by atoms with Crippen molar-refractivity contribution in [2.24, 2.45) is 0 Å². The molecule has 1 N–H and O–H groups in total. The van der Waals surface area contributed by atoms with E-state index >= 15 is 0 Å². The highest BCUT2D eigenvalue weighted by atomic mass is 32.1. The van der Waals surface area contributed by atoms with Crippen molar-refractivity contribution in [1.29, 1.82) is 0 Å². The van der Waals surface area contributed by atoms with Crippen molar-refractivity contribution >= 4 is 39.9 Å². The summed E-state index contributed by atoms with van der Waals surface area (Å²) >= 11 is 1.26. The molecule has 150 valence electrons. The molecule has 4 rings (SSSR count). The lowest BCUT2D eigenvalue weighted by molar-refractivity contribution is -0.134. The smallest absolute Gasteiger partial charge is 0.340 e. The largest absolute Gasteiger partial charge is 0.454 e. The molecule has 1 aliphatic rings. The number of nitrogens with zero attached hydrogens (tertiary/aromatic N) is 1. The minimum absolute atomic E-state index is 0.0277. The molecule has 2 aromatic heterocycles. The van der Waals surface area contributed by atoms with Gasteiger partial charge in [-0.15, -0.1) is 11.3 Å². The third-order valence-electron chi connectivity index (χ3n) is 4.77. The van der Waals surface area contributed by atoms with E-state index in [-0.39, 0.29) is 24.7 Å². The Balaban J connectivity index is 1.33. The quantitative estimate of drug-likeness (QED) is 0.497. The van der Waals surface area contributed by atoms with Gasteiger partial charge in [-0.25, -0.2) is 4.79 Å². The number of esters is 1. The molecule has 1 amide bonds. The molecule has 8 heteroatoms. The van der Waals surface area contributed by atoms with Crippen molar-refractivity contribution in [1.82, 2.24) is 9.88 Å². The van der Waals surface area contributed by atoms with E-state index in [9.17, 15) is 14.4 Å². The van der Waals surface area contributed by atoms with Crippen LogP contribution in [0.2, 0.25) is 0 Å². The molecule has 1 saturated heterocycles. The zero-order valence-electron chi connectivity index (χ0n) is 15.7. The number of benzene rings is 1. The number of ketones is 1. The molecule has 1 aromatic carbocycles. The van der Waals surface area contributed by atoms with Gasteiger partial charge in [-0.1, -0.05) is 18.2 Å². The Bertz CT molecular complexity index is 1050. The molecule has 3 heterocycles. The monoisotopic (exact) mass is 412 g/mol. The lowest BCUT2D eigenvalue weighted by atomic mass is 10.2. The number of nitrogens with one attached hydrogen (secondary N) is 1. The van der Waals surface area contributed by atoms with Crippen LogP contribution in [0.15, 0.2) is 42.6 Å². The van der Waals surface area contributed by atoms with Gasteiger partial charge in [0.15, 0.2) is 6.61 Å². The number of morpholine rings is 1. The van der Waals surface area contributed by atoms with Crippen molar-refractivity contribution < 1.29 is 23.9 Å². The SMILES string of the molecule is O=C(COC(=O)c1c[nH]c2ccccc12)c1ccc(CC(=O)N2CCOCC2)s1. The molecule has 0 aliphatic carbocycles. The number of hydrogen-bond acceptors (Lipinski definition) is 6. The summed E-state index contributed by atoms with van der Waals surface area (Å²) in [7, 11) is 0. The summed E-state index contributed by atoms with van der Waals surface area (Å²) in [6.07, 6.45) is 1.84. The van der Waals surface area contributed by atoms with Gasteiger partial charge in [-0.3, -0.25) is 9.59 Å². The fraction of sp³-hybridized carbons (Fsp3) is 0.286. The van der Waals surface area contributed by atoms with E-state index in [4.69, 9.17) is 9.47 Å². The van der Waals surface area contributed by atoms with Gasteiger partial charge < -0.3 is 19.4 Å². The molecule has 1 aliphatic heterocycles. The Morgan fingerprint density at radius 3 is 2.72 bits per heavy atom. The van der Waals surface area contributed by atoms with Crippen LogP contribution in [0.3, 0.4) is 0 Å². The first kappa shape index (κ1) is 19.4. The summed E-state index contributed by atoms with van der Waals surface area (Å²) in [5.74, 6) is -0.803. The van der Waals surface area contributed by atoms with E-state index in [1.54, 1.807) is 23.2 Å². The highest BCUT2D eigenvalue weighted by molar-refractivity contribution is 7.14. The second-order valence-corrected chi connectivity index (χ2v) is 7.85. The summed E-state index contributed by atoms with van der Waals surface area (Å²) in [6, 6.07) is 10.8. The number of hydrogen-bond donors (Lipinski definition) is 1. The van der Waals surface area contributed by atoms with Gasteiger partial charge in [0.1, 0.15) is 0 Å². The Hall–Kier alpha value is -2.97. The Morgan fingerprint density at radius 2 is 1.90 bits per heavy atom.